The van der Waals surface area contributed by atoms with Crippen molar-refractivity contribution in [2.75, 3.05) is 38.7 Å². The van der Waals surface area contributed by atoms with Crippen molar-refractivity contribution >= 4 is 32.6 Å². The molecule has 0 atom stereocenters. The number of aromatic nitrogens is 1. The van der Waals surface area contributed by atoms with E-state index in [0.717, 1.165) is 36.7 Å². The fraction of sp³-hybridized carbons (Fsp3) is 0.391. The number of rotatable bonds is 10. The summed E-state index contributed by atoms with van der Waals surface area (Å²) in [7, 11) is 3.81. The van der Waals surface area contributed by atoms with Gasteiger partial charge in [-0.1, -0.05) is 31.1 Å². The number of hydrogen-bond donors (Lipinski definition) is 0. The van der Waals surface area contributed by atoms with E-state index in [1.807, 2.05) is 19.0 Å². The molecule has 0 aliphatic carbocycles. The first-order chi connectivity index (χ1) is 14.9. The second kappa shape index (κ2) is 10.6. The third-order valence-corrected chi connectivity index (χ3v) is 5.79. The molecule has 0 N–H and O–H groups in total. The second-order valence-electron chi connectivity index (χ2n) is 7.57. The van der Waals surface area contributed by atoms with Crippen LogP contribution < -0.4 is 9.64 Å². The number of ether oxygens (including phenoxy) is 1. The monoisotopic (exact) mass is 447 g/mol. The summed E-state index contributed by atoms with van der Waals surface area (Å²) < 4.78 is 33.8. The number of amides is 1. The summed E-state index contributed by atoms with van der Waals surface area (Å²) in [6.07, 6.45) is 3.23. The van der Waals surface area contributed by atoms with E-state index < -0.39 is 11.6 Å². The van der Waals surface area contributed by atoms with Crippen LogP contribution in [0, 0.1) is 11.6 Å². The number of fused-ring (bicyclic) bond motifs is 1. The molecule has 3 aromatic rings. The molecule has 0 aliphatic heterocycles. The van der Waals surface area contributed by atoms with Crippen molar-refractivity contribution in [3.63, 3.8) is 0 Å². The first-order valence-corrected chi connectivity index (χ1v) is 11.2. The molecule has 0 fully saturated rings. The van der Waals surface area contributed by atoms with E-state index in [1.165, 1.54) is 11.0 Å². The van der Waals surface area contributed by atoms with Gasteiger partial charge in [-0.05, 0) is 50.8 Å². The molecule has 2 aromatic carbocycles. The lowest BCUT2D eigenvalue weighted by Gasteiger charge is -2.22. The van der Waals surface area contributed by atoms with Gasteiger partial charge >= 0.3 is 0 Å². The molecular formula is C23H27F2N3O2S. The zero-order valence-corrected chi connectivity index (χ0v) is 18.8. The average molecular weight is 448 g/mol. The zero-order chi connectivity index (χ0) is 22.4. The van der Waals surface area contributed by atoms with Crippen LogP contribution in [0.25, 0.3) is 10.2 Å². The lowest BCUT2D eigenvalue weighted by atomic mass is 10.2. The Morgan fingerprint density at radius 1 is 1.10 bits per heavy atom. The number of hydrogen-bond acceptors (Lipinski definition) is 5. The highest BCUT2D eigenvalue weighted by molar-refractivity contribution is 7.22. The van der Waals surface area contributed by atoms with Gasteiger partial charge in [0.1, 0.15) is 17.1 Å². The van der Waals surface area contributed by atoms with Crippen molar-refractivity contribution in [3.8, 4) is 5.75 Å². The van der Waals surface area contributed by atoms with Gasteiger partial charge in [-0.25, -0.2) is 13.8 Å². The number of likely N-dealkylation sites (N-methyl/N-ethyl adjacent to an activating group) is 1. The van der Waals surface area contributed by atoms with Gasteiger partial charge in [0.05, 0.1) is 11.3 Å². The number of carbonyl (C=O) groups is 1. The van der Waals surface area contributed by atoms with E-state index in [4.69, 9.17) is 4.74 Å². The zero-order valence-electron chi connectivity index (χ0n) is 18.0. The quantitative estimate of drug-likeness (QED) is 0.393. The number of anilines is 1. The van der Waals surface area contributed by atoms with E-state index >= 15 is 0 Å². The van der Waals surface area contributed by atoms with Crippen LogP contribution in [0.15, 0.2) is 36.4 Å². The van der Waals surface area contributed by atoms with Gasteiger partial charge < -0.3 is 9.64 Å². The molecule has 166 valence electrons. The molecule has 0 bridgehead atoms. The minimum Gasteiger partial charge on any atom is -0.494 e. The van der Waals surface area contributed by atoms with Crippen LogP contribution >= 0.6 is 11.3 Å². The topological polar surface area (TPSA) is 45.7 Å². The Balaban J connectivity index is 1.83. The first kappa shape index (κ1) is 23.1. The highest BCUT2D eigenvalue weighted by Gasteiger charge is 2.22. The van der Waals surface area contributed by atoms with Gasteiger partial charge in [-0.15, -0.1) is 0 Å². The van der Waals surface area contributed by atoms with E-state index in [1.54, 1.807) is 24.3 Å². The van der Waals surface area contributed by atoms with Crippen molar-refractivity contribution in [1.29, 1.82) is 0 Å². The molecule has 1 amide bonds. The molecule has 0 aliphatic rings. The fourth-order valence-corrected chi connectivity index (χ4v) is 4.07. The highest BCUT2D eigenvalue weighted by atomic mass is 32.1. The minimum absolute atomic E-state index is 0.0693. The predicted octanol–water partition coefficient (Wildman–Crippen LogP) is 5.35. The molecule has 0 unspecified atom stereocenters. The van der Waals surface area contributed by atoms with Crippen LogP contribution in [0.5, 0.6) is 5.75 Å². The normalized spacial score (nSPS) is 11.3. The Morgan fingerprint density at radius 2 is 1.84 bits per heavy atom. The van der Waals surface area contributed by atoms with E-state index in [-0.39, 0.29) is 11.4 Å². The Kier molecular flexibility index (Phi) is 7.92. The average Bonchev–Trinajstić information content (AvgIpc) is 3.15. The summed E-state index contributed by atoms with van der Waals surface area (Å²) in [4.78, 5) is 21.0. The first-order valence-electron chi connectivity index (χ1n) is 10.3. The number of benzene rings is 2. The van der Waals surface area contributed by atoms with E-state index in [0.29, 0.717) is 40.8 Å². The summed E-state index contributed by atoms with van der Waals surface area (Å²) in [5, 5.41) is 0.339. The molecule has 5 nitrogen and oxygen atoms in total. The van der Waals surface area contributed by atoms with E-state index in [2.05, 4.69) is 11.9 Å². The number of halogens is 2. The number of unbranched alkanes of at least 4 members (excludes halogenated alkanes) is 2. The van der Waals surface area contributed by atoms with Gasteiger partial charge in [0.15, 0.2) is 10.9 Å². The number of thiazole rings is 1. The molecular weight excluding hydrogens is 420 g/mol. The summed E-state index contributed by atoms with van der Waals surface area (Å²) in [6.45, 7) is 3.74. The van der Waals surface area contributed by atoms with Crippen molar-refractivity contribution in [3.05, 3.63) is 53.6 Å². The standard InChI is InChI=1S/C23H27F2N3O2S/c1-4-5-6-13-30-18-9-7-16(8-10-18)22(29)28(12-11-27(2)3)23-26-21-19(25)14-17(24)15-20(21)31-23/h7-10,14-15H,4-6,11-13H2,1-3H3. The minimum atomic E-state index is -0.734. The third-order valence-electron chi connectivity index (χ3n) is 4.77. The summed E-state index contributed by atoms with van der Waals surface area (Å²) >= 11 is 1.10. The number of nitrogens with zero attached hydrogens (tertiary/aromatic N) is 3. The molecule has 0 saturated heterocycles. The molecule has 3 rings (SSSR count). The fourth-order valence-electron chi connectivity index (χ4n) is 3.04. The number of carbonyl (C=O) groups excluding carboxylic acids is 1. The van der Waals surface area contributed by atoms with Crippen molar-refractivity contribution in [1.82, 2.24) is 9.88 Å². The summed E-state index contributed by atoms with van der Waals surface area (Å²) in [5.41, 5.74) is 0.547. The SMILES string of the molecule is CCCCCOc1ccc(C(=O)N(CCN(C)C)c2nc3c(F)cc(F)cc3s2)cc1. The van der Waals surface area contributed by atoms with Gasteiger partial charge in [-0.3, -0.25) is 9.69 Å². The van der Waals surface area contributed by atoms with Gasteiger partial charge in [-0.2, -0.15) is 0 Å². The Bertz CT molecular complexity index is 1020. The van der Waals surface area contributed by atoms with Crippen LogP contribution in [0.3, 0.4) is 0 Å². The lowest BCUT2D eigenvalue weighted by molar-refractivity contribution is 0.0985. The van der Waals surface area contributed by atoms with Gasteiger partial charge in [0, 0.05) is 24.7 Å². The maximum absolute atomic E-state index is 14.1. The molecule has 0 spiro atoms. The van der Waals surface area contributed by atoms with Crippen LogP contribution in [0.1, 0.15) is 36.5 Å². The molecule has 1 aromatic heterocycles. The third kappa shape index (κ3) is 5.98. The maximum atomic E-state index is 14.1. The summed E-state index contributed by atoms with van der Waals surface area (Å²) in [5.74, 6) is -0.938. The molecule has 1 heterocycles. The van der Waals surface area contributed by atoms with Crippen LogP contribution in [-0.4, -0.2) is 49.6 Å². The molecule has 31 heavy (non-hydrogen) atoms. The maximum Gasteiger partial charge on any atom is 0.260 e. The Morgan fingerprint density at radius 3 is 2.52 bits per heavy atom. The van der Waals surface area contributed by atoms with Gasteiger partial charge in [0.2, 0.25) is 0 Å². The Labute approximate surface area is 185 Å². The summed E-state index contributed by atoms with van der Waals surface area (Å²) in [6, 6.07) is 9.02. The lowest BCUT2D eigenvalue weighted by Crippen LogP contribution is -2.36. The van der Waals surface area contributed by atoms with Crippen molar-refractivity contribution < 1.29 is 18.3 Å². The van der Waals surface area contributed by atoms with Crippen LogP contribution in [-0.2, 0) is 0 Å². The smallest absolute Gasteiger partial charge is 0.260 e. The molecule has 8 heteroatoms. The molecule has 0 radical (unpaired) electrons. The largest absolute Gasteiger partial charge is 0.494 e. The molecule has 0 saturated carbocycles. The van der Waals surface area contributed by atoms with E-state index in [9.17, 15) is 13.6 Å². The van der Waals surface area contributed by atoms with Crippen molar-refractivity contribution in [2.45, 2.75) is 26.2 Å². The second-order valence-corrected chi connectivity index (χ2v) is 8.58. The van der Waals surface area contributed by atoms with Crippen molar-refractivity contribution in [2.24, 2.45) is 0 Å². The van der Waals surface area contributed by atoms with Gasteiger partial charge in [0.25, 0.3) is 5.91 Å². The van der Waals surface area contributed by atoms with Crippen LogP contribution in [0.4, 0.5) is 13.9 Å². The Hall–Kier alpha value is -2.58. The highest BCUT2D eigenvalue weighted by Crippen LogP contribution is 2.32. The predicted molar refractivity (Wildman–Crippen MR) is 121 cm³/mol. The van der Waals surface area contributed by atoms with Crippen LogP contribution in [0.2, 0.25) is 0 Å².